The monoisotopic (exact) mass is 253 g/mol. The third kappa shape index (κ3) is 4.00. The summed E-state index contributed by atoms with van der Waals surface area (Å²) in [5.74, 6) is -0.321. The van der Waals surface area contributed by atoms with Gasteiger partial charge in [-0.15, -0.1) is 0 Å². The molecule has 5 heteroatoms. The van der Waals surface area contributed by atoms with Crippen LogP contribution in [0.5, 0.6) is 0 Å². The summed E-state index contributed by atoms with van der Waals surface area (Å²) in [6, 6.07) is 4.63. The molecule has 0 aromatic heterocycles. The summed E-state index contributed by atoms with van der Waals surface area (Å²) in [7, 11) is 3.42. The van der Waals surface area contributed by atoms with Crippen LogP contribution in [-0.4, -0.2) is 42.9 Å². The SMILES string of the molecule is CCN(CC(=O)N(C)C)Cc1ccc(N)cc1F. The van der Waals surface area contributed by atoms with E-state index in [1.807, 2.05) is 11.8 Å². The van der Waals surface area contributed by atoms with E-state index in [4.69, 9.17) is 5.73 Å². The van der Waals surface area contributed by atoms with E-state index >= 15 is 0 Å². The van der Waals surface area contributed by atoms with Crippen LogP contribution in [-0.2, 0) is 11.3 Å². The first kappa shape index (κ1) is 14.4. The zero-order valence-corrected chi connectivity index (χ0v) is 11.1. The molecular weight excluding hydrogens is 233 g/mol. The van der Waals surface area contributed by atoms with Gasteiger partial charge in [0.2, 0.25) is 5.91 Å². The summed E-state index contributed by atoms with van der Waals surface area (Å²) in [6.07, 6.45) is 0. The highest BCUT2D eigenvalue weighted by molar-refractivity contribution is 5.77. The molecule has 1 rings (SSSR count). The van der Waals surface area contributed by atoms with Gasteiger partial charge in [-0.05, 0) is 18.7 Å². The fraction of sp³-hybridized carbons (Fsp3) is 0.462. The molecule has 0 radical (unpaired) electrons. The van der Waals surface area contributed by atoms with Crippen molar-refractivity contribution in [3.8, 4) is 0 Å². The predicted molar refractivity (Wildman–Crippen MR) is 70.5 cm³/mol. The average Bonchev–Trinajstić information content (AvgIpc) is 2.31. The summed E-state index contributed by atoms with van der Waals surface area (Å²) < 4.78 is 13.6. The van der Waals surface area contributed by atoms with E-state index in [-0.39, 0.29) is 18.3 Å². The molecule has 0 atom stereocenters. The topological polar surface area (TPSA) is 49.6 Å². The number of amides is 1. The summed E-state index contributed by atoms with van der Waals surface area (Å²) in [4.78, 5) is 15.0. The molecule has 0 aliphatic heterocycles. The van der Waals surface area contributed by atoms with Crippen molar-refractivity contribution < 1.29 is 9.18 Å². The number of anilines is 1. The van der Waals surface area contributed by atoms with Gasteiger partial charge in [-0.2, -0.15) is 0 Å². The van der Waals surface area contributed by atoms with Crippen molar-refractivity contribution >= 4 is 11.6 Å². The van der Waals surface area contributed by atoms with E-state index in [0.717, 1.165) is 0 Å². The molecule has 1 aromatic carbocycles. The van der Waals surface area contributed by atoms with Gasteiger partial charge in [-0.25, -0.2) is 4.39 Å². The van der Waals surface area contributed by atoms with Crippen molar-refractivity contribution in [3.63, 3.8) is 0 Å². The number of benzene rings is 1. The lowest BCUT2D eigenvalue weighted by atomic mass is 10.2. The van der Waals surface area contributed by atoms with E-state index in [9.17, 15) is 9.18 Å². The molecule has 1 amide bonds. The summed E-state index contributed by atoms with van der Waals surface area (Å²) in [5.41, 5.74) is 6.46. The Morgan fingerprint density at radius 2 is 2.06 bits per heavy atom. The zero-order chi connectivity index (χ0) is 13.7. The van der Waals surface area contributed by atoms with Crippen LogP contribution in [0.15, 0.2) is 18.2 Å². The maximum absolute atomic E-state index is 13.6. The highest BCUT2D eigenvalue weighted by Crippen LogP contribution is 2.14. The van der Waals surface area contributed by atoms with Crippen molar-refractivity contribution in [2.75, 3.05) is 32.9 Å². The van der Waals surface area contributed by atoms with E-state index in [1.54, 1.807) is 26.2 Å². The second-order valence-electron chi connectivity index (χ2n) is 4.44. The van der Waals surface area contributed by atoms with Gasteiger partial charge in [0.15, 0.2) is 0 Å². The van der Waals surface area contributed by atoms with Crippen LogP contribution in [0.25, 0.3) is 0 Å². The molecule has 0 bridgehead atoms. The lowest BCUT2D eigenvalue weighted by molar-refractivity contribution is -0.130. The van der Waals surface area contributed by atoms with Crippen LogP contribution in [0.4, 0.5) is 10.1 Å². The van der Waals surface area contributed by atoms with Crippen molar-refractivity contribution in [2.24, 2.45) is 0 Å². The molecule has 0 heterocycles. The quantitative estimate of drug-likeness (QED) is 0.805. The van der Waals surface area contributed by atoms with Gasteiger partial charge in [0.05, 0.1) is 6.54 Å². The Balaban J connectivity index is 2.71. The number of rotatable bonds is 5. The first-order valence-corrected chi connectivity index (χ1v) is 5.90. The fourth-order valence-corrected chi connectivity index (χ4v) is 1.54. The maximum Gasteiger partial charge on any atom is 0.236 e. The number of nitrogens with zero attached hydrogens (tertiary/aromatic N) is 2. The number of nitrogens with two attached hydrogens (primary N) is 1. The third-order valence-electron chi connectivity index (χ3n) is 2.78. The molecule has 18 heavy (non-hydrogen) atoms. The molecule has 2 N–H and O–H groups in total. The number of nitrogen functional groups attached to an aromatic ring is 1. The maximum atomic E-state index is 13.6. The number of carbonyl (C=O) groups is 1. The molecular formula is C13H20FN3O. The Morgan fingerprint density at radius 3 is 2.56 bits per heavy atom. The lowest BCUT2D eigenvalue weighted by Gasteiger charge is -2.22. The molecule has 4 nitrogen and oxygen atoms in total. The van der Waals surface area contributed by atoms with Gasteiger partial charge in [0.1, 0.15) is 5.82 Å². The van der Waals surface area contributed by atoms with Gasteiger partial charge < -0.3 is 10.6 Å². The van der Waals surface area contributed by atoms with Crippen LogP contribution in [0.3, 0.4) is 0 Å². The van der Waals surface area contributed by atoms with Gasteiger partial charge in [0, 0.05) is 31.9 Å². The number of halogens is 1. The van der Waals surface area contributed by atoms with Gasteiger partial charge in [-0.3, -0.25) is 9.69 Å². The van der Waals surface area contributed by atoms with Gasteiger partial charge in [-0.1, -0.05) is 13.0 Å². The standard InChI is InChI=1S/C13H20FN3O/c1-4-17(9-13(18)16(2)3)8-10-5-6-11(15)7-12(10)14/h5-7H,4,8-9,15H2,1-3H3. The van der Waals surface area contributed by atoms with Crippen LogP contribution in [0, 0.1) is 5.82 Å². The smallest absolute Gasteiger partial charge is 0.236 e. The Morgan fingerprint density at radius 1 is 1.39 bits per heavy atom. The first-order chi connectivity index (χ1) is 8.43. The van der Waals surface area contributed by atoms with E-state index in [1.165, 1.54) is 11.0 Å². The van der Waals surface area contributed by atoms with Gasteiger partial charge >= 0.3 is 0 Å². The van der Waals surface area contributed by atoms with E-state index in [2.05, 4.69) is 0 Å². The summed E-state index contributed by atoms with van der Waals surface area (Å²) in [5, 5.41) is 0. The molecule has 100 valence electrons. The Labute approximate surface area is 107 Å². The van der Waals surface area contributed by atoms with Crippen molar-refractivity contribution in [3.05, 3.63) is 29.6 Å². The lowest BCUT2D eigenvalue weighted by Crippen LogP contribution is -2.36. The first-order valence-electron chi connectivity index (χ1n) is 5.90. The Hall–Kier alpha value is -1.62. The Bertz CT molecular complexity index is 421. The van der Waals surface area contributed by atoms with Crippen LogP contribution < -0.4 is 5.73 Å². The second kappa shape index (κ2) is 6.35. The minimum Gasteiger partial charge on any atom is -0.399 e. The normalized spacial score (nSPS) is 10.7. The number of carbonyl (C=O) groups excluding carboxylic acids is 1. The van der Waals surface area contributed by atoms with E-state index < -0.39 is 0 Å². The minimum absolute atomic E-state index is 0.00713. The largest absolute Gasteiger partial charge is 0.399 e. The molecule has 1 aromatic rings. The minimum atomic E-state index is -0.328. The number of hydrogen-bond acceptors (Lipinski definition) is 3. The van der Waals surface area contributed by atoms with E-state index in [0.29, 0.717) is 24.3 Å². The molecule has 0 saturated heterocycles. The van der Waals surface area contributed by atoms with Crippen LogP contribution in [0.1, 0.15) is 12.5 Å². The molecule has 0 spiro atoms. The Kier molecular flexibility index (Phi) is 5.09. The third-order valence-corrected chi connectivity index (χ3v) is 2.78. The summed E-state index contributed by atoms with van der Waals surface area (Å²) >= 11 is 0. The molecule has 0 fully saturated rings. The highest BCUT2D eigenvalue weighted by atomic mass is 19.1. The molecule has 0 saturated carbocycles. The highest BCUT2D eigenvalue weighted by Gasteiger charge is 2.13. The summed E-state index contributed by atoms with van der Waals surface area (Å²) in [6.45, 7) is 3.32. The van der Waals surface area contributed by atoms with Crippen molar-refractivity contribution in [1.29, 1.82) is 0 Å². The zero-order valence-electron chi connectivity index (χ0n) is 11.1. The predicted octanol–water partition coefficient (Wildman–Crippen LogP) is 1.32. The molecule has 0 unspecified atom stereocenters. The van der Waals surface area contributed by atoms with Crippen molar-refractivity contribution in [1.82, 2.24) is 9.80 Å². The van der Waals surface area contributed by atoms with Crippen LogP contribution >= 0.6 is 0 Å². The fourth-order valence-electron chi connectivity index (χ4n) is 1.54. The number of likely N-dealkylation sites (N-methyl/N-ethyl adjacent to an activating group) is 2. The second-order valence-corrected chi connectivity index (χ2v) is 4.44. The molecule has 0 aliphatic carbocycles. The average molecular weight is 253 g/mol. The van der Waals surface area contributed by atoms with Crippen molar-refractivity contribution in [2.45, 2.75) is 13.5 Å². The number of hydrogen-bond donors (Lipinski definition) is 1. The van der Waals surface area contributed by atoms with Crippen LogP contribution in [0.2, 0.25) is 0 Å². The molecule has 0 aliphatic rings. The van der Waals surface area contributed by atoms with Gasteiger partial charge in [0.25, 0.3) is 0 Å².